The number of thioether (sulfide) groups is 1. The summed E-state index contributed by atoms with van der Waals surface area (Å²) in [4.78, 5) is 0.0984. The van der Waals surface area contributed by atoms with Crippen molar-refractivity contribution < 1.29 is 17.5 Å². The van der Waals surface area contributed by atoms with Gasteiger partial charge in [-0.3, -0.25) is 0 Å². The van der Waals surface area contributed by atoms with Crippen molar-refractivity contribution in [1.82, 2.24) is 4.31 Å². The van der Waals surface area contributed by atoms with E-state index >= 15 is 0 Å². The molecular weight excluding hydrogens is 337 g/mol. The number of ether oxygens (including phenoxy) is 1. The zero-order valence-corrected chi connectivity index (χ0v) is 14.1. The lowest BCUT2D eigenvalue weighted by Gasteiger charge is -2.24. The van der Waals surface area contributed by atoms with Crippen molar-refractivity contribution in [3.05, 3.63) is 59.9 Å². The molecule has 1 aliphatic heterocycles. The number of hydrogen-bond acceptors (Lipinski definition) is 4. The summed E-state index contributed by atoms with van der Waals surface area (Å²) in [5.41, 5.74) is 0.822. The summed E-state index contributed by atoms with van der Waals surface area (Å²) in [7, 11) is -2.12. The Hall–Kier alpha value is -1.57. The van der Waals surface area contributed by atoms with Gasteiger partial charge in [0.25, 0.3) is 0 Å². The second-order valence-corrected chi connectivity index (χ2v) is 8.11. The minimum Gasteiger partial charge on any atom is -0.496 e. The fourth-order valence-electron chi connectivity index (χ4n) is 2.56. The van der Waals surface area contributed by atoms with Gasteiger partial charge in [0.1, 0.15) is 11.6 Å². The van der Waals surface area contributed by atoms with Gasteiger partial charge < -0.3 is 4.74 Å². The van der Waals surface area contributed by atoms with Gasteiger partial charge in [-0.1, -0.05) is 18.2 Å². The van der Waals surface area contributed by atoms with Crippen LogP contribution in [0.25, 0.3) is 0 Å². The molecule has 0 spiro atoms. The van der Waals surface area contributed by atoms with Crippen molar-refractivity contribution in [2.24, 2.45) is 0 Å². The highest BCUT2D eigenvalue weighted by Crippen LogP contribution is 2.44. The Bertz CT molecular complexity index is 793. The molecule has 1 heterocycles. The minimum atomic E-state index is -3.69. The number of methoxy groups -OCH3 is 1. The normalized spacial score (nSPS) is 19.0. The highest BCUT2D eigenvalue weighted by Gasteiger charge is 2.38. The van der Waals surface area contributed by atoms with Crippen LogP contribution in [0.3, 0.4) is 0 Å². The van der Waals surface area contributed by atoms with Gasteiger partial charge in [-0.2, -0.15) is 4.31 Å². The third-order valence-electron chi connectivity index (χ3n) is 3.67. The second kappa shape index (κ2) is 6.51. The van der Waals surface area contributed by atoms with Crippen LogP contribution < -0.4 is 4.74 Å². The molecule has 0 radical (unpaired) electrons. The fourth-order valence-corrected chi connectivity index (χ4v) is 5.82. The lowest BCUT2D eigenvalue weighted by Crippen LogP contribution is -2.30. The Kier molecular flexibility index (Phi) is 4.61. The van der Waals surface area contributed by atoms with E-state index in [9.17, 15) is 12.8 Å². The summed E-state index contributed by atoms with van der Waals surface area (Å²) in [5.74, 6) is 0.899. The average Bonchev–Trinajstić information content (AvgIpc) is 3.05. The second-order valence-electron chi connectivity index (χ2n) is 5.03. The lowest BCUT2D eigenvalue weighted by atomic mass is 10.2. The van der Waals surface area contributed by atoms with Gasteiger partial charge >= 0.3 is 0 Å². The number of sulfonamides is 1. The maximum atomic E-state index is 13.1. The van der Waals surface area contributed by atoms with Crippen LogP contribution in [-0.4, -0.2) is 32.1 Å². The SMILES string of the molecule is COc1ccccc1C1SCCN1S(=O)(=O)c1ccc(F)cc1. The smallest absolute Gasteiger partial charge is 0.244 e. The summed E-state index contributed by atoms with van der Waals surface area (Å²) in [5, 5.41) is -0.346. The van der Waals surface area contributed by atoms with E-state index in [4.69, 9.17) is 4.74 Å². The standard InChI is InChI=1S/C16H16FNO3S2/c1-21-15-5-3-2-4-14(15)16-18(10-11-22-16)23(19,20)13-8-6-12(17)7-9-13/h2-9,16H,10-11H2,1H3. The number of para-hydroxylation sites is 1. The molecule has 0 saturated carbocycles. The van der Waals surface area contributed by atoms with E-state index in [0.29, 0.717) is 18.0 Å². The summed E-state index contributed by atoms with van der Waals surface area (Å²) in [6.07, 6.45) is 0. The van der Waals surface area contributed by atoms with Gasteiger partial charge in [0, 0.05) is 17.9 Å². The molecule has 2 aromatic rings. The van der Waals surface area contributed by atoms with Crippen molar-refractivity contribution in [3.63, 3.8) is 0 Å². The fraction of sp³-hybridized carbons (Fsp3) is 0.250. The molecule has 1 unspecified atom stereocenters. The van der Waals surface area contributed by atoms with E-state index < -0.39 is 15.8 Å². The highest BCUT2D eigenvalue weighted by molar-refractivity contribution is 8.01. The Morgan fingerprint density at radius 1 is 1.17 bits per heavy atom. The number of hydrogen-bond donors (Lipinski definition) is 0. The predicted octanol–water partition coefficient (Wildman–Crippen LogP) is 3.27. The Balaban J connectivity index is 1.99. The van der Waals surface area contributed by atoms with Gasteiger partial charge in [0.2, 0.25) is 10.0 Å². The van der Waals surface area contributed by atoms with Gasteiger partial charge in [-0.15, -0.1) is 11.8 Å². The van der Waals surface area contributed by atoms with Crippen LogP contribution in [0, 0.1) is 5.82 Å². The summed E-state index contributed by atoms with van der Waals surface area (Å²) < 4.78 is 45.6. The maximum Gasteiger partial charge on any atom is 0.244 e. The highest BCUT2D eigenvalue weighted by atomic mass is 32.2. The van der Waals surface area contributed by atoms with E-state index in [1.54, 1.807) is 18.9 Å². The van der Waals surface area contributed by atoms with E-state index in [2.05, 4.69) is 0 Å². The number of halogens is 1. The average molecular weight is 353 g/mol. The molecule has 1 aliphatic rings. The molecule has 0 amide bonds. The van der Waals surface area contributed by atoms with Crippen molar-refractivity contribution in [2.45, 2.75) is 10.3 Å². The van der Waals surface area contributed by atoms with Crippen LogP contribution in [-0.2, 0) is 10.0 Å². The van der Waals surface area contributed by atoms with Crippen LogP contribution in [0.4, 0.5) is 4.39 Å². The lowest BCUT2D eigenvalue weighted by molar-refractivity contribution is 0.390. The molecule has 1 fully saturated rings. The van der Waals surface area contributed by atoms with Crippen molar-refractivity contribution in [2.75, 3.05) is 19.4 Å². The monoisotopic (exact) mass is 353 g/mol. The number of rotatable bonds is 4. The first kappa shape index (κ1) is 16.3. The van der Waals surface area contributed by atoms with Crippen LogP contribution in [0.5, 0.6) is 5.75 Å². The molecule has 23 heavy (non-hydrogen) atoms. The summed E-state index contributed by atoms with van der Waals surface area (Å²) >= 11 is 1.55. The molecule has 0 aliphatic carbocycles. The zero-order valence-electron chi connectivity index (χ0n) is 12.5. The molecule has 0 aromatic heterocycles. The predicted molar refractivity (Wildman–Crippen MR) is 88.5 cm³/mol. The first-order valence-corrected chi connectivity index (χ1v) is 9.55. The van der Waals surface area contributed by atoms with E-state index in [1.165, 1.54) is 16.4 Å². The van der Waals surface area contributed by atoms with Gasteiger partial charge in [-0.25, -0.2) is 12.8 Å². The van der Waals surface area contributed by atoms with Crippen LogP contribution in [0.2, 0.25) is 0 Å². The van der Waals surface area contributed by atoms with Crippen LogP contribution >= 0.6 is 11.8 Å². The molecular formula is C16H16FNO3S2. The Morgan fingerprint density at radius 2 is 1.87 bits per heavy atom. The van der Waals surface area contributed by atoms with Crippen molar-refractivity contribution >= 4 is 21.8 Å². The first-order chi connectivity index (χ1) is 11.0. The Labute approximate surface area is 139 Å². The zero-order chi connectivity index (χ0) is 16.4. The number of nitrogens with zero attached hydrogens (tertiary/aromatic N) is 1. The van der Waals surface area contributed by atoms with Crippen molar-refractivity contribution in [1.29, 1.82) is 0 Å². The Morgan fingerprint density at radius 3 is 2.57 bits per heavy atom. The minimum absolute atomic E-state index is 0.0984. The number of benzene rings is 2. The van der Waals surface area contributed by atoms with Crippen LogP contribution in [0.1, 0.15) is 10.9 Å². The van der Waals surface area contributed by atoms with Gasteiger partial charge in [-0.05, 0) is 30.3 Å². The van der Waals surface area contributed by atoms with Gasteiger partial charge in [0.05, 0.1) is 17.4 Å². The third kappa shape index (κ3) is 3.08. The summed E-state index contributed by atoms with van der Waals surface area (Å²) in [6, 6.07) is 12.3. The molecule has 1 atom stereocenters. The molecule has 4 nitrogen and oxygen atoms in total. The van der Waals surface area contributed by atoms with E-state index in [-0.39, 0.29) is 10.3 Å². The largest absolute Gasteiger partial charge is 0.496 e. The molecule has 3 rings (SSSR count). The van der Waals surface area contributed by atoms with E-state index in [0.717, 1.165) is 17.7 Å². The molecule has 122 valence electrons. The first-order valence-electron chi connectivity index (χ1n) is 7.06. The van der Waals surface area contributed by atoms with Crippen LogP contribution in [0.15, 0.2) is 53.4 Å². The molecule has 1 saturated heterocycles. The quantitative estimate of drug-likeness (QED) is 0.846. The van der Waals surface area contributed by atoms with E-state index in [1.807, 2.05) is 24.3 Å². The van der Waals surface area contributed by atoms with Gasteiger partial charge in [0.15, 0.2) is 0 Å². The molecule has 7 heteroatoms. The topological polar surface area (TPSA) is 46.6 Å². The third-order valence-corrected chi connectivity index (χ3v) is 6.93. The summed E-state index contributed by atoms with van der Waals surface area (Å²) in [6.45, 7) is 0.410. The molecule has 2 aromatic carbocycles. The molecule has 0 bridgehead atoms. The maximum absolute atomic E-state index is 13.1. The molecule has 0 N–H and O–H groups in total. The van der Waals surface area contributed by atoms with Crippen molar-refractivity contribution in [3.8, 4) is 5.75 Å².